The van der Waals surface area contributed by atoms with Crippen molar-refractivity contribution >= 4 is 33.4 Å². The Kier molecular flexibility index (Phi) is 5.34. The molecule has 1 aromatic rings. The summed E-state index contributed by atoms with van der Waals surface area (Å²) < 4.78 is 0.952. The van der Waals surface area contributed by atoms with Gasteiger partial charge in [-0.15, -0.1) is 0 Å². The molecule has 2 amide bonds. The van der Waals surface area contributed by atoms with Crippen molar-refractivity contribution in [3.63, 3.8) is 0 Å². The van der Waals surface area contributed by atoms with Crippen LogP contribution in [-0.2, 0) is 9.59 Å². The Bertz CT molecular complexity index is 429. The fourth-order valence-corrected chi connectivity index (χ4v) is 1.81. The third-order valence-electron chi connectivity index (χ3n) is 2.47. The first-order valence-electron chi connectivity index (χ1n) is 5.72. The molecule has 18 heavy (non-hydrogen) atoms. The van der Waals surface area contributed by atoms with E-state index in [9.17, 15) is 9.59 Å². The summed E-state index contributed by atoms with van der Waals surface area (Å²) in [6.45, 7) is 5.30. The van der Waals surface area contributed by atoms with Gasteiger partial charge in [-0.2, -0.15) is 0 Å². The topological polar surface area (TPSA) is 49.4 Å². The van der Waals surface area contributed by atoms with Crippen LogP contribution in [-0.4, -0.2) is 29.3 Å². The molecule has 5 heteroatoms. The molecule has 1 N–H and O–H groups in total. The van der Waals surface area contributed by atoms with Crippen LogP contribution in [0.1, 0.15) is 20.8 Å². The van der Waals surface area contributed by atoms with Crippen molar-refractivity contribution in [3.05, 3.63) is 28.7 Å². The number of hydrogen-bond acceptors (Lipinski definition) is 2. The number of amides is 2. The third kappa shape index (κ3) is 4.49. The minimum atomic E-state index is -0.193. The zero-order chi connectivity index (χ0) is 13.7. The number of anilines is 1. The molecule has 0 aliphatic carbocycles. The first-order valence-corrected chi connectivity index (χ1v) is 6.52. The molecule has 1 aromatic carbocycles. The molecule has 0 heterocycles. The fraction of sp³-hybridized carbons (Fsp3) is 0.385. The molecule has 0 saturated carbocycles. The smallest absolute Gasteiger partial charge is 0.244 e. The van der Waals surface area contributed by atoms with E-state index in [0.717, 1.165) is 10.2 Å². The second-order valence-corrected chi connectivity index (χ2v) is 5.21. The molecule has 0 fully saturated rings. The molecule has 0 aliphatic rings. The summed E-state index contributed by atoms with van der Waals surface area (Å²) in [4.78, 5) is 24.7. The second kappa shape index (κ2) is 6.54. The van der Waals surface area contributed by atoms with Crippen LogP contribution in [0.3, 0.4) is 0 Å². The first-order chi connectivity index (χ1) is 8.40. The monoisotopic (exact) mass is 312 g/mol. The fourth-order valence-electron chi connectivity index (χ4n) is 1.55. The van der Waals surface area contributed by atoms with Crippen LogP contribution < -0.4 is 5.32 Å². The van der Waals surface area contributed by atoms with E-state index in [0.29, 0.717) is 0 Å². The Labute approximate surface area is 115 Å². The van der Waals surface area contributed by atoms with Crippen LogP contribution in [0, 0.1) is 0 Å². The number of carbonyl (C=O) groups is 2. The third-order valence-corrected chi connectivity index (χ3v) is 3.00. The molecule has 4 nitrogen and oxygen atoms in total. The summed E-state index contributed by atoms with van der Waals surface area (Å²) in [5.41, 5.74) is 0.718. The van der Waals surface area contributed by atoms with E-state index in [1.54, 1.807) is 12.1 Å². The van der Waals surface area contributed by atoms with E-state index in [4.69, 9.17) is 0 Å². The SMILES string of the molecule is CC(=O)N(CC(=O)Nc1ccc(Br)cc1)C(C)C. The summed E-state index contributed by atoms with van der Waals surface area (Å²) in [5, 5.41) is 2.76. The lowest BCUT2D eigenvalue weighted by atomic mass is 10.3. The van der Waals surface area contributed by atoms with E-state index >= 15 is 0 Å². The number of carbonyl (C=O) groups excluding carboxylic acids is 2. The molecule has 0 aromatic heterocycles. The molecule has 98 valence electrons. The maximum absolute atomic E-state index is 11.8. The number of benzene rings is 1. The largest absolute Gasteiger partial charge is 0.331 e. The van der Waals surface area contributed by atoms with Crippen LogP contribution >= 0.6 is 15.9 Å². The summed E-state index contributed by atoms with van der Waals surface area (Å²) in [6, 6.07) is 7.31. The van der Waals surface area contributed by atoms with E-state index < -0.39 is 0 Å². The highest BCUT2D eigenvalue weighted by Gasteiger charge is 2.16. The molecule has 0 saturated heterocycles. The van der Waals surface area contributed by atoms with Gasteiger partial charge >= 0.3 is 0 Å². The number of halogens is 1. The lowest BCUT2D eigenvalue weighted by Crippen LogP contribution is -2.41. The molecule has 0 spiro atoms. The molecule has 0 aliphatic heterocycles. The van der Waals surface area contributed by atoms with Crippen LogP contribution in [0.4, 0.5) is 5.69 Å². The highest BCUT2D eigenvalue weighted by molar-refractivity contribution is 9.10. The second-order valence-electron chi connectivity index (χ2n) is 4.30. The van der Waals surface area contributed by atoms with Gasteiger partial charge in [0.25, 0.3) is 0 Å². The van der Waals surface area contributed by atoms with Crippen molar-refractivity contribution in [2.24, 2.45) is 0 Å². The lowest BCUT2D eigenvalue weighted by molar-refractivity contribution is -0.134. The summed E-state index contributed by atoms with van der Waals surface area (Å²) >= 11 is 3.32. The van der Waals surface area contributed by atoms with E-state index in [-0.39, 0.29) is 24.4 Å². The Morgan fingerprint density at radius 3 is 2.28 bits per heavy atom. The van der Waals surface area contributed by atoms with Crippen LogP contribution in [0.5, 0.6) is 0 Å². The normalized spacial score (nSPS) is 10.3. The molecule has 0 bridgehead atoms. The van der Waals surface area contributed by atoms with Gasteiger partial charge in [0, 0.05) is 23.1 Å². The molecule has 0 radical (unpaired) electrons. The Hall–Kier alpha value is -1.36. The van der Waals surface area contributed by atoms with Crippen LogP contribution in [0.25, 0.3) is 0 Å². The Balaban J connectivity index is 2.60. The Morgan fingerprint density at radius 1 is 1.28 bits per heavy atom. The van der Waals surface area contributed by atoms with Crippen molar-refractivity contribution in [1.29, 1.82) is 0 Å². The predicted octanol–water partition coefficient (Wildman–Crippen LogP) is 2.64. The summed E-state index contributed by atoms with van der Waals surface area (Å²) in [6.07, 6.45) is 0. The molecular weight excluding hydrogens is 296 g/mol. The average molecular weight is 313 g/mol. The van der Waals surface area contributed by atoms with Gasteiger partial charge < -0.3 is 10.2 Å². The quantitative estimate of drug-likeness (QED) is 0.929. The van der Waals surface area contributed by atoms with Crippen molar-refractivity contribution in [1.82, 2.24) is 4.90 Å². The van der Waals surface area contributed by atoms with Crippen molar-refractivity contribution in [2.45, 2.75) is 26.8 Å². The molecule has 1 rings (SSSR count). The number of nitrogens with zero attached hydrogens (tertiary/aromatic N) is 1. The summed E-state index contributed by atoms with van der Waals surface area (Å²) in [5.74, 6) is -0.294. The van der Waals surface area contributed by atoms with Crippen molar-refractivity contribution < 1.29 is 9.59 Å². The van der Waals surface area contributed by atoms with Gasteiger partial charge in [0.05, 0.1) is 0 Å². The highest BCUT2D eigenvalue weighted by Crippen LogP contribution is 2.14. The van der Waals surface area contributed by atoms with Crippen molar-refractivity contribution in [3.8, 4) is 0 Å². The van der Waals surface area contributed by atoms with E-state index in [1.165, 1.54) is 11.8 Å². The molecule has 0 unspecified atom stereocenters. The number of nitrogens with one attached hydrogen (secondary N) is 1. The zero-order valence-corrected chi connectivity index (χ0v) is 12.3. The molecular formula is C13H17BrN2O2. The summed E-state index contributed by atoms with van der Waals surface area (Å²) in [7, 11) is 0. The van der Waals surface area contributed by atoms with Crippen LogP contribution in [0.2, 0.25) is 0 Å². The molecule has 0 atom stereocenters. The number of rotatable bonds is 4. The van der Waals surface area contributed by atoms with E-state index in [2.05, 4.69) is 21.2 Å². The minimum Gasteiger partial charge on any atom is -0.331 e. The zero-order valence-electron chi connectivity index (χ0n) is 10.7. The van der Waals surface area contributed by atoms with Gasteiger partial charge in [0.1, 0.15) is 6.54 Å². The maximum atomic E-state index is 11.8. The maximum Gasteiger partial charge on any atom is 0.244 e. The van der Waals surface area contributed by atoms with Crippen molar-refractivity contribution in [2.75, 3.05) is 11.9 Å². The van der Waals surface area contributed by atoms with E-state index in [1.807, 2.05) is 26.0 Å². The first kappa shape index (κ1) is 14.7. The minimum absolute atomic E-state index is 0.0122. The van der Waals surface area contributed by atoms with Gasteiger partial charge in [-0.1, -0.05) is 15.9 Å². The average Bonchev–Trinajstić information content (AvgIpc) is 2.28. The van der Waals surface area contributed by atoms with Gasteiger partial charge in [-0.3, -0.25) is 9.59 Å². The Morgan fingerprint density at radius 2 is 1.83 bits per heavy atom. The van der Waals surface area contributed by atoms with Gasteiger partial charge in [-0.25, -0.2) is 0 Å². The van der Waals surface area contributed by atoms with Gasteiger partial charge in [-0.05, 0) is 38.1 Å². The van der Waals surface area contributed by atoms with Gasteiger partial charge in [0.2, 0.25) is 11.8 Å². The van der Waals surface area contributed by atoms with Crippen LogP contribution in [0.15, 0.2) is 28.7 Å². The number of hydrogen-bond donors (Lipinski definition) is 1. The van der Waals surface area contributed by atoms with Gasteiger partial charge in [0.15, 0.2) is 0 Å². The lowest BCUT2D eigenvalue weighted by Gasteiger charge is -2.24. The predicted molar refractivity (Wildman–Crippen MR) is 75.3 cm³/mol. The highest BCUT2D eigenvalue weighted by atomic mass is 79.9. The standard InChI is InChI=1S/C13H17BrN2O2/c1-9(2)16(10(3)17)8-13(18)15-12-6-4-11(14)5-7-12/h4-7,9H,8H2,1-3H3,(H,15,18).